The lowest BCUT2D eigenvalue weighted by atomic mass is 10.7. The van der Waals surface area contributed by atoms with Crippen LogP contribution in [0.3, 0.4) is 0 Å². The highest BCUT2D eigenvalue weighted by molar-refractivity contribution is 5.66. The van der Waals surface area contributed by atoms with Crippen molar-refractivity contribution in [3.8, 4) is 0 Å². The summed E-state index contributed by atoms with van der Waals surface area (Å²) >= 11 is 0. The lowest BCUT2D eigenvalue weighted by Gasteiger charge is -1.91. The van der Waals surface area contributed by atoms with Crippen LogP contribution in [-0.2, 0) is 9.53 Å². The second-order valence-corrected chi connectivity index (χ2v) is 1.19. The van der Waals surface area contributed by atoms with Crippen molar-refractivity contribution < 1.29 is 13.9 Å². The third-order valence-electron chi connectivity index (χ3n) is 0.468. The van der Waals surface area contributed by atoms with Crippen LogP contribution in [0, 0.1) is 0 Å². The Hall–Kier alpha value is -0.860. The number of halogens is 1. The predicted octanol–water partition coefficient (Wildman–Crippen LogP) is 1.38. The molecule has 46 valence electrons. The van der Waals surface area contributed by atoms with Crippen LogP contribution in [-0.4, -0.2) is 5.97 Å². The van der Waals surface area contributed by atoms with Gasteiger partial charge in [-0.1, -0.05) is 0 Å². The topological polar surface area (TPSA) is 26.3 Å². The molecule has 0 bridgehead atoms. The molecule has 0 saturated carbocycles. The Morgan fingerprint density at radius 1 is 1.75 bits per heavy atom. The molecule has 2 nitrogen and oxygen atoms in total. The van der Waals surface area contributed by atoms with E-state index in [1.54, 1.807) is 0 Å². The molecule has 0 aliphatic rings. The van der Waals surface area contributed by atoms with Crippen molar-refractivity contribution >= 4 is 5.97 Å². The molecule has 0 amide bonds. The minimum Gasteiger partial charge on any atom is -0.399 e. The van der Waals surface area contributed by atoms with Gasteiger partial charge in [-0.3, -0.25) is 4.79 Å². The molecule has 3 heteroatoms. The van der Waals surface area contributed by atoms with E-state index in [1.165, 1.54) is 6.92 Å². The van der Waals surface area contributed by atoms with E-state index in [9.17, 15) is 9.18 Å². The van der Waals surface area contributed by atoms with Gasteiger partial charge in [0.05, 0.1) is 0 Å². The zero-order chi connectivity index (χ0) is 6.57. The van der Waals surface area contributed by atoms with E-state index >= 15 is 0 Å². The number of hydrogen-bond donors (Lipinski definition) is 0. The summed E-state index contributed by atoms with van der Waals surface area (Å²) in [5, 5.41) is 0. The highest BCUT2D eigenvalue weighted by Gasteiger charge is 1.94. The summed E-state index contributed by atoms with van der Waals surface area (Å²) in [6, 6.07) is -0.850. The molecule has 0 saturated heterocycles. The Kier molecular flexibility index (Phi) is 2.84. The van der Waals surface area contributed by atoms with Gasteiger partial charge >= 0.3 is 5.97 Å². The summed E-state index contributed by atoms with van der Waals surface area (Å²) in [4.78, 5) is 9.91. The Morgan fingerprint density at radius 3 is 2.38 bits per heavy atom. The fraction of sp³-hybridized carbons (Fsp3) is 0.400. The molecule has 0 spiro atoms. The predicted molar refractivity (Wildman–Crippen MR) is 26.6 cm³/mol. The molecule has 0 aromatic heterocycles. The van der Waals surface area contributed by atoms with Crippen LogP contribution in [0.5, 0.6) is 0 Å². The lowest BCUT2D eigenvalue weighted by molar-refractivity contribution is -0.138. The van der Waals surface area contributed by atoms with Gasteiger partial charge in [0, 0.05) is 6.92 Å². The monoisotopic (exact) mass is 118 g/mol. The SMILES string of the molecule is CC=C(F)OC(C)=O. The third-order valence-corrected chi connectivity index (χ3v) is 0.468. The molecule has 0 atom stereocenters. The maximum Gasteiger partial charge on any atom is 0.309 e. The minimum absolute atomic E-state index is 0.638. The number of ether oxygens (including phenoxy) is 1. The van der Waals surface area contributed by atoms with Crippen molar-refractivity contribution in [2.24, 2.45) is 0 Å². The Bertz CT molecular complexity index is 118. The molecular formula is C5H7FO2. The van der Waals surface area contributed by atoms with Crippen LogP contribution in [0.1, 0.15) is 13.8 Å². The first-order chi connectivity index (χ1) is 3.66. The number of carbonyl (C=O) groups is 1. The average molecular weight is 118 g/mol. The Morgan fingerprint density at radius 2 is 2.25 bits per heavy atom. The summed E-state index contributed by atoms with van der Waals surface area (Å²) < 4.78 is 15.8. The Labute approximate surface area is 47.0 Å². The second kappa shape index (κ2) is 3.18. The molecule has 0 aromatic rings. The van der Waals surface area contributed by atoms with Gasteiger partial charge in [0.15, 0.2) is 0 Å². The highest BCUT2D eigenvalue weighted by atomic mass is 19.1. The fourth-order valence-electron chi connectivity index (χ4n) is 0.196. The van der Waals surface area contributed by atoms with Crippen LogP contribution in [0.4, 0.5) is 4.39 Å². The zero-order valence-electron chi connectivity index (χ0n) is 4.77. The maximum absolute atomic E-state index is 11.8. The molecule has 0 unspecified atom stereocenters. The van der Waals surface area contributed by atoms with E-state index < -0.39 is 12.0 Å². The average Bonchev–Trinajstić information content (AvgIpc) is 1.65. The van der Waals surface area contributed by atoms with Crippen molar-refractivity contribution in [2.75, 3.05) is 0 Å². The van der Waals surface area contributed by atoms with E-state index in [2.05, 4.69) is 4.74 Å². The highest BCUT2D eigenvalue weighted by Crippen LogP contribution is 1.96. The summed E-state index contributed by atoms with van der Waals surface area (Å²) in [5.74, 6) is -0.638. The van der Waals surface area contributed by atoms with E-state index in [4.69, 9.17) is 0 Å². The summed E-state index contributed by atoms with van der Waals surface area (Å²) in [5.41, 5.74) is 0. The number of carbonyl (C=O) groups excluding carboxylic acids is 1. The van der Waals surface area contributed by atoms with E-state index in [1.807, 2.05) is 0 Å². The summed E-state index contributed by atoms with van der Waals surface area (Å²) in [6.45, 7) is 2.58. The van der Waals surface area contributed by atoms with Crippen molar-refractivity contribution in [1.82, 2.24) is 0 Å². The number of rotatable bonds is 1. The third kappa shape index (κ3) is 3.33. The number of allylic oxidation sites excluding steroid dienone is 1. The fourth-order valence-corrected chi connectivity index (χ4v) is 0.196. The van der Waals surface area contributed by atoms with Crippen LogP contribution in [0.15, 0.2) is 12.1 Å². The molecule has 0 N–H and O–H groups in total. The second-order valence-electron chi connectivity index (χ2n) is 1.19. The lowest BCUT2D eigenvalue weighted by Crippen LogP contribution is -1.93. The van der Waals surface area contributed by atoms with Crippen LogP contribution < -0.4 is 0 Å². The first kappa shape index (κ1) is 7.14. The smallest absolute Gasteiger partial charge is 0.309 e. The van der Waals surface area contributed by atoms with Gasteiger partial charge in [-0.05, 0) is 13.0 Å². The Balaban J connectivity index is 3.56. The van der Waals surface area contributed by atoms with Crippen LogP contribution >= 0.6 is 0 Å². The molecule has 0 radical (unpaired) electrons. The first-order valence-electron chi connectivity index (χ1n) is 2.17. The van der Waals surface area contributed by atoms with Gasteiger partial charge in [0.1, 0.15) is 0 Å². The van der Waals surface area contributed by atoms with Gasteiger partial charge in [-0.2, -0.15) is 4.39 Å². The molecule has 0 heterocycles. The molecule has 0 rings (SSSR count). The van der Waals surface area contributed by atoms with E-state index in [-0.39, 0.29) is 0 Å². The molecule has 0 aliphatic heterocycles. The van der Waals surface area contributed by atoms with Gasteiger partial charge in [0.25, 0.3) is 6.01 Å². The van der Waals surface area contributed by atoms with Crippen molar-refractivity contribution in [3.05, 3.63) is 12.1 Å². The minimum atomic E-state index is -0.850. The van der Waals surface area contributed by atoms with Gasteiger partial charge in [-0.25, -0.2) is 0 Å². The van der Waals surface area contributed by atoms with Gasteiger partial charge in [-0.15, -0.1) is 0 Å². The molecular weight excluding hydrogens is 111 g/mol. The van der Waals surface area contributed by atoms with Crippen LogP contribution in [0.2, 0.25) is 0 Å². The van der Waals surface area contributed by atoms with Crippen molar-refractivity contribution in [1.29, 1.82) is 0 Å². The maximum atomic E-state index is 11.8. The zero-order valence-corrected chi connectivity index (χ0v) is 4.77. The number of hydrogen-bond acceptors (Lipinski definition) is 2. The van der Waals surface area contributed by atoms with Gasteiger partial charge < -0.3 is 4.74 Å². The summed E-state index contributed by atoms with van der Waals surface area (Å²) in [6.07, 6.45) is 1.07. The van der Waals surface area contributed by atoms with Crippen molar-refractivity contribution in [3.63, 3.8) is 0 Å². The van der Waals surface area contributed by atoms with Gasteiger partial charge in [0.2, 0.25) is 0 Å². The first-order valence-corrected chi connectivity index (χ1v) is 2.17. The largest absolute Gasteiger partial charge is 0.399 e. The summed E-state index contributed by atoms with van der Waals surface area (Å²) in [7, 11) is 0. The molecule has 0 aromatic carbocycles. The van der Waals surface area contributed by atoms with E-state index in [0.29, 0.717) is 0 Å². The van der Waals surface area contributed by atoms with E-state index in [0.717, 1.165) is 13.0 Å². The molecule has 0 fully saturated rings. The molecule has 0 aliphatic carbocycles. The quantitative estimate of drug-likeness (QED) is 0.384. The normalized spacial score (nSPS) is 11.1. The van der Waals surface area contributed by atoms with Crippen molar-refractivity contribution in [2.45, 2.75) is 13.8 Å². The molecule has 8 heavy (non-hydrogen) atoms. The standard InChI is InChI=1S/C5H7FO2/c1-3-5(6)8-4(2)7/h3H,1-2H3. The van der Waals surface area contributed by atoms with Crippen LogP contribution in [0.25, 0.3) is 0 Å². The number of esters is 1.